The van der Waals surface area contributed by atoms with Gasteiger partial charge in [-0.05, 0) is 18.2 Å². The van der Waals surface area contributed by atoms with Crippen LogP contribution in [0.25, 0.3) is 0 Å². The Morgan fingerprint density at radius 1 is 1.33 bits per heavy atom. The minimum absolute atomic E-state index is 0.187. The van der Waals surface area contributed by atoms with Gasteiger partial charge in [-0.3, -0.25) is 19.1 Å². The maximum absolute atomic E-state index is 11.9. The molecular weight excluding hydrogens is 319 g/mol. The van der Waals surface area contributed by atoms with Crippen molar-refractivity contribution in [3.8, 4) is 0 Å². The second-order valence-corrected chi connectivity index (χ2v) is 4.99. The molecule has 0 fully saturated rings. The zero-order chi connectivity index (χ0) is 15.6. The van der Waals surface area contributed by atoms with Gasteiger partial charge in [0.05, 0.1) is 11.4 Å². The Labute approximate surface area is 128 Å². The SMILES string of the molecule is Nc1cc(Cl)ccc1NC(=O)Cn1cc(Cl)c(=O)[nH]c1=O. The summed E-state index contributed by atoms with van der Waals surface area (Å²) in [7, 11) is 0. The van der Waals surface area contributed by atoms with E-state index in [4.69, 9.17) is 28.9 Å². The number of anilines is 2. The zero-order valence-corrected chi connectivity index (χ0v) is 12.0. The summed E-state index contributed by atoms with van der Waals surface area (Å²) in [6.07, 6.45) is 1.09. The van der Waals surface area contributed by atoms with E-state index in [1.807, 2.05) is 4.98 Å². The standard InChI is InChI=1S/C12H10Cl2N4O3/c13-6-1-2-9(8(15)3-6)16-10(19)5-18-4-7(14)11(20)17-12(18)21/h1-4H,5,15H2,(H,16,19)(H,17,20,21). The molecule has 2 rings (SSSR count). The lowest BCUT2D eigenvalue weighted by Gasteiger charge is -2.09. The number of nitrogen functional groups attached to an aromatic ring is 1. The fourth-order valence-electron chi connectivity index (χ4n) is 1.59. The highest BCUT2D eigenvalue weighted by Gasteiger charge is 2.09. The highest BCUT2D eigenvalue weighted by atomic mass is 35.5. The molecule has 1 aromatic heterocycles. The fourth-order valence-corrected chi connectivity index (χ4v) is 1.94. The minimum atomic E-state index is -0.733. The number of H-pyrrole nitrogens is 1. The molecule has 21 heavy (non-hydrogen) atoms. The highest BCUT2D eigenvalue weighted by Crippen LogP contribution is 2.22. The van der Waals surface area contributed by atoms with E-state index in [0.29, 0.717) is 16.4 Å². The lowest BCUT2D eigenvalue weighted by atomic mass is 10.2. The number of halogens is 2. The van der Waals surface area contributed by atoms with Crippen molar-refractivity contribution in [1.82, 2.24) is 9.55 Å². The van der Waals surface area contributed by atoms with Gasteiger partial charge in [0.25, 0.3) is 5.56 Å². The van der Waals surface area contributed by atoms with E-state index < -0.39 is 17.2 Å². The number of hydrogen-bond acceptors (Lipinski definition) is 4. The molecule has 0 bridgehead atoms. The number of rotatable bonds is 3. The van der Waals surface area contributed by atoms with Crippen LogP contribution in [0.2, 0.25) is 10.0 Å². The van der Waals surface area contributed by atoms with Crippen molar-refractivity contribution < 1.29 is 4.79 Å². The van der Waals surface area contributed by atoms with E-state index in [9.17, 15) is 14.4 Å². The summed E-state index contributed by atoms with van der Waals surface area (Å²) in [6.45, 7) is -0.322. The van der Waals surface area contributed by atoms with Crippen molar-refractivity contribution >= 4 is 40.5 Å². The van der Waals surface area contributed by atoms with Crippen molar-refractivity contribution in [2.24, 2.45) is 0 Å². The number of carbonyl (C=O) groups is 1. The average molecular weight is 329 g/mol. The van der Waals surface area contributed by atoms with Crippen molar-refractivity contribution in [3.63, 3.8) is 0 Å². The summed E-state index contributed by atoms with van der Waals surface area (Å²) < 4.78 is 0.977. The molecule has 1 amide bonds. The quantitative estimate of drug-likeness (QED) is 0.732. The van der Waals surface area contributed by atoms with Crippen LogP contribution in [0.5, 0.6) is 0 Å². The van der Waals surface area contributed by atoms with Gasteiger partial charge in [0.15, 0.2) is 0 Å². The number of carbonyl (C=O) groups excluding carboxylic acids is 1. The van der Waals surface area contributed by atoms with E-state index in [1.165, 1.54) is 12.1 Å². The summed E-state index contributed by atoms with van der Waals surface area (Å²) in [5, 5.41) is 2.78. The van der Waals surface area contributed by atoms with Crippen LogP contribution in [0, 0.1) is 0 Å². The van der Waals surface area contributed by atoms with E-state index in [-0.39, 0.29) is 11.6 Å². The maximum Gasteiger partial charge on any atom is 0.328 e. The summed E-state index contributed by atoms with van der Waals surface area (Å²) in [5.74, 6) is -0.505. The Balaban J connectivity index is 2.17. The van der Waals surface area contributed by atoms with Crippen LogP contribution in [0.4, 0.5) is 11.4 Å². The van der Waals surface area contributed by atoms with Crippen molar-refractivity contribution in [1.29, 1.82) is 0 Å². The third-order valence-corrected chi connectivity index (χ3v) is 3.07. The molecule has 0 atom stereocenters. The van der Waals surface area contributed by atoms with Crippen LogP contribution in [-0.2, 0) is 11.3 Å². The zero-order valence-electron chi connectivity index (χ0n) is 10.5. The van der Waals surface area contributed by atoms with Gasteiger partial charge in [-0.2, -0.15) is 0 Å². The van der Waals surface area contributed by atoms with Crippen molar-refractivity contribution in [3.05, 3.63) is 55.3 Å². The van der Waals surface area contributed by atoms with Gasteiger partial charge in [-0.1, -0.05) is 23.2 Å². The first-order chi connectivity index (χ1) is 9.86. The monoisotopic (exact) mass is 328 g/mol. The molecular formula is C12H10Cl2N4O3. The number of amides is 1. The summed E-state index contributed by atoms with van der Waals surface area (Å²) in [6, 6.07) is 4.59. The van der Waals surface area contributed by atoms with Crippen LogP contribution in [-0.4, -0.2) is 15.5 Å². The number of benzene rings is 1. The molecule has 0 aliphatic heterocycles. The molecule has 0 unspecified atom stereocenters. The third kappa shape index (κ3) is 3.65. The van der Waals surface area contributed by atoms with Gasteiger partial charge in [0.1, 0.15) is 11.6 Å². The Morgan fingerprint density at radius 2 is 2.05 bits per heavy atom. The lowest BCUT2D eigenvalue weighted by Crippen LogP contribution is -2.33. The largest absolute Gasteiger partial charge is 0.397 e. The smallest absolute Gasteiger partial charge is 0.328 e. The first-order valence-corrected chi connectivity index (χ1v) is 6.46. The number of nitrogens with zero attached hydrogens (tertiary/aromatic N) is 1. The van der Waals surface area contributed by atoms with Crippen LogP contribution in [0.15, 0.2) is 34.0 Å². The Kier molecular flexibility index (Phi) is 4.35. The molecule has 1 aromatic carbocycles. The first-order valence-electron chi connectivity index (χ1n) is 5.71. The van der Waals surface area contributed by atoms with E-state index >= 15 is 0 Å². The maximum atomic E-state index is 11.9. The Bertz CT molecular complexity index is 813. The molecule has 0 radical (unpaired) electrons. The van der Waals surface area contributed by atoms with Gasteiger partial charge in [0.2, 0.25) is 5.91 Å². The molecule has 0 aliphatic carbocycles. The van der Waals surface area contributed by atoms with E-state index in [0.717, 1.165) is 10.8 Å². The molecule has 0 spiro atoms. The molecule has 0 aliphatic rings. The summed E-state index contributed by atoms with van der Waals surface area (Å²) in [5.41, 5.74) is 4.92. The van der Waals surface area contributed by atoms with Crippen LogP contribution in [0.3, 0.4) is 0 Å². The van der Waals surface area contributed by atoms with Gasteiger partial charge in [0, 0.05) is 11.2 Å². The molecule has 0 saturated heterocycles. The second-order valence-electron chi connectivity index (χ2n) is 4.14. The van der Waals surface area contributed by atoms with Crippen LogP contribution >= 0.6 is 23.2 Å². The predicted molar refractivity (Wildman–Crippen MR) is 80.8 cm³/mol. The second kappa shape index (κ2) is 6.02. The third-order valence-electron chi connectivity index (χ3n) is 2.57. The predicted octanol–water partition coefficient (Wildman–Crippen LogP) is 1.06. The summed E-state index contributed by atoms with van der Waals surface area (Å²) >= 11 is 11.4. The lowest BCUT2D eigenvalue weighted by molar-refractivity contribution is -0.116. The van der Waals surface area contributed by atoms with Gasteiger partial charge in [-0.25, -0.2) is 4.79 Å². The number of nitrogens with one attached hydrogen (secondary N) is 2. The molecule has 7 nitrogen and oxygen atoms in total. The average Bonchev–Trinajstić information content (AvgIpc) is 2.39. The number of nitrogens with two attached hydrogens (primary N) is 1. The minimum Gasteiger partial charge on any atom is -0.397 e. The molecule has 9 heteroatoms. The topological polar surface area (TPSA) is 110 Å². The van der Waals surface area contributed by atoms with Gasteiger partial charge in [-0.15, -0.1) is 0 Å². The van der Waals surface area contributed by atoms with E-state index in [1.54, 1.807) is 6.07 Å². The molecule has 0 saturated carbocycles. The number of aromatic amines is 1. The Hall–Kier alpha value is -2.25. The van der Waals surface area contributed by atoms with Crippen LogP contribution < -0.4 is 22.3 Å². The van der Waals surface area contributed by atoms with E-state index in [2.05, 4.69) is 5.32 Å². The Morgan fingerprint density at radius 3 is 2.71 bits per heavy atom. The first kappa shape index (κ1) is 15.1. The summed E-state index contributed by atoms with van der Waals surface area (Å²) in [4.78, 5) is 36.5. The molecule has 110 valence electrons. The van der Waals surface area contributed by atoms with Crippen molar-refractivity contribution in [2.45, 2.75) is 6.54 Å². The van der Waals surface area contributed by atoms with Crippen molar-refractivity contribution in [2.75, 3.05) is 11.1 Å². The number of aromatic nitrogens is 2. The molecule has 4 N–H and O–H groups in total. The highest BCUT2D eigenvalue weighted by molar-refractivity contribution is 6.31. The van der Waals surface area contributed by atoms with Gasteiger partial charge < -0.3 is 11.1 Å². The molecule has 1 heterocycles. The fraction of sp³-hybridized carbons (Fsp3) is 0.0833. The van der Waals surface area contributed by atoms with Crippen LogP contribution in [0.1, 0.15) is 0 Å². The normalized spacial score (nSPS) is 10.4. The molecule has 2 aromatic rings. The number of hydrogen-bond donors (Lipinski definition) is 3. The van der Waals surface area contributed by atoms with Gasteiger partial charge >= 0.3 is 5.69 Å².